The van der Waals surface area contributed by atoms with Crippen LogP contribution in [-0.4, -0.2) is 29.9 Å². The molecule has 0 atom stereocenters. The van der Waals surface area contributed by atoms with Crippen molar-refractivity contribution in [3.05, 3.63) is 35.9 Å². The number of hydrogen-bond donors (Lipinski definition) is 1. The van der Waals surface area contributed by atoms with Gasteiger partial charge in [-0.1, -0.05) is 30.3 Å². The van der Waals surface area contributed by atoms with Crippen LogP contribution in [0.25, 0.3) is 0 Å². The molecule has 0 spiro atoms. The number of nitrogens with zero attached hydrogens (tertiary/aromatic N) is 1. The van der Waals surface area contributed by atoms with Gasteiger partial charge < -0.3 is 10.2 Å². The Morgan fingerprint density at radius 2 is 1.82 bits per heavy atom. The van der Waals surface area contributed by atoms with E-state index in [0.29, 0.717) is 13.1 Å². The summed E-state index contributed by atoms with van der Waals surface area (Å²) in [7, 11) is 1.79. The summed E-state index contributed by atoms with van der Waals surface area (Å²) in [5.74, 6) is 0.129. The van der Waals surface area contributed by atoms with Gasteiger partial charge >= 0.3 is 0 Å². The number of likely N-dealkylation sites (N-methyl/N-ethyl adjacent to an activating group) is 1. The van der Waals surface area contributed by atoms with Gasteiger partial charge in [-0.15, -0.1) is 0 Å². The van der Waals surface area contributed by atoms with Gasteiger partial charge in [0.15, 0.2) is 0 Å². The van der Waals surface area contributed by atoms with E-state index in [9.17, 15) is 4.79 Å². The Morgan fingerprint density at radius 3 is 2.29 bits per heavy atom. The third kappa shape index (κ3) is 4.19. The van der Waals surface area contributed by atoms with Crippen LogP contribution in [-0.2, 0) is 11.3 Å². The molecule has 0 heterocycles. The fourth-order valence-electron chi connectivity index (χ4n) is 1.71. The molecule has 0 aliphatic rings. The Morgan fingerprint density at radius 1 is 1.24 bits per heavy atom. The second-order valence-electron chi connectivity index (χ2n) is 5.17. The predicted molar refractivity (Wildman–Crippen MR) is 70.7 cm³/mol. The summed E-state index contributed by atoms with van der Waals surface area (Å²) >= 11 is 0. The molecule has 94 valence electrons. The smallest absolute Gasteiger partial charge is 0.237 e. The van der Waals surface area contributed by atoms with Gasteiger partial charge in [0, 0.05) is 12.1 Å². The molecular formula is C14H22N2O. The normalized spacial score (nSPS) is 11.3. The Kier molecular flexibility index (Phi) is 4.70. The molecule has 1 aromatic rings. The molecule has 1 rings (SSSR count). The minimum atomic E-state index is -0.163. The van der Waals surface area contributed by atoms with Crippen LogP contribution in [0.5, 0.6) is 0 Å². The van der Waals surface area contributed by atoms with Crippen molar-refractivity contribution in [1.82, 2.24) is 10.2 Å². The largest absolute Gasteiger partial charge is 0.332 e. The number of nitrogens with one attached hydrogen (secondary N) is 1. The van der Waals surface area contributed by atoms with Gasteiger partial charge in [0.05, 0.1) is 6.54 Å². The van der Waals surface area contributed by atoms with Crippen molar-refractivity contribution in [2.75, 3.05) is 13.6 Å². The average molecular weight is 234 g/mol. The molecular weight excluding hydrogens is 212 g/mol. The summed E-state index contributed by atoms with van der Waals surface area (Å²) in [5.41, 5.74) is 0.996. The van der Waals surface area contributed by atoms with E-state index in [0.717, 1.165) is 5.56 Å². The van der Waals surface area contributed by atoms with Gasteiger partial charge in [-0.25, -0.2) is 0 Å². The summed E-state index contributed by atoms with van der Waals surface area (Å²) in [6.45, 7) is 7.21. The molecule has 1 N–H and O–H groups in total. The van der Waals surface area contributed by atoms with Crippen molar-refractivity contribution >= 4 is 5.91 Å². The van der Waals surface area contributed by atoms with E-state index < -0.39 is 0 Å². The SMILES string of the molecule is CNCC(=O)N(Cc1ccccc1)C(C)(C)C. The topological polar surface area (TPSA) is 32.3 Å². The molecule has 0 fully saturated rings. The second-order valence-corrected chi connectivity index (χ2v) is 5.17. The van der Waals surface area contributed by atoms with Crippen LogP contribution < -0.4 is 5.32 Å². The van der Waals surface area contributed by atoms with E-state index >= 15 is 0 Å². The van der Waals surface area contributed by atoms with Crippen molar-refractivity contribution in [3.63, 3.8) is 0 Å². The third-order valence-corrected chi connectivity index (χ3v) is 2.62. The Hall–Kier alpha value is -1.35. The summed E-state index contributed by atoms with van der Waals surface area (Å²) in [4.78, 5) is 14.0. The van der Waals surface area contributed by atoms with E-state index in [-0.39, 0.29) is 11.4 Å². The van der Waals surface area contributed by atoms with Gasteiger partial charge in [0.2, 0.25) is 5.91 Å². The number of hydrogen-bond acceptors (Lipinski definition) is 2. The fourth-order valence-corrected chi connectivity index (χ4v) is 1.71. The van der Waals surface area contributed by atoms with Crippen LogP contribution >= 0.6 is 0 Å². The van der Waals surface area contributed by atoms with Crippen LogP contribution in [0, 0.1) is 0 Å². The zero-order valence-corrected chi connectivity index (χ0v) is 11.2. The zero-order valence-electron chi connectivity index (χ0n) is 11.2. The highest BCUT2D eigenvalue weighted by Crippen LogP contribution is 2.17. The first kappa shape index (κ1) is 13.7. The summed E-state index contributed by atoms with van der Waals surface area (Å²) in [6.07, 6.45) is 0. The molecule has 3 heteroatoms. The highest BCUT2D eigenvalue weighted by molar-refractivity contribution is 5.79. The van der Waals surface area contributed by atoms with Crippen LogP contribution in [0.4, 0.5) is 0 Å². The van der Waals surface area contributed by atoms with Crippen LogP contribution in [0.2, 0.25) is 0 Å². The minimum absolute atomic E-state index is 0.129. The van der Waals surface area contributed by atoms with Gasteiger partial charge in [-0.2, -0.15) is 0 Å². The monoisotopic (exact) mass is 234 g/mol. The Bertz CT molecular complexity index is 354. The molecule has 17 heavy (non-hydrogen) atoms. The van der Waals surface area contributed by atoms with Crippen molar-refractivity contribution in [3.8, 4) is 0 Å². The Balaban J connectivity index is 2.82. The maximum absolute atomic E-state index is 12.1. The first-order valence-corrected chi connectivity index (χ1v) is 5.94. The molecule has 0 radical (unpaired) electrons. The molecule has 3 nitrogen and oxygen atoms in total. The van der Waals surface area contributed by atoms with E-state index in [4.69, 9.17) is 0 Å². The van der Waals surface area contributed by atoms with Crippen molar-refractivity contribution in [2.45, 2.75) is 32.9 Å². The maximum atomic E-state index is 12.1. The maximum Gasteiger partial charge on any atom is 0.237 e. The molecule has 1 aromatic carbocycles. The number of carbonyl (C=O) groups excluding carboxylic acids is 1. The number of carbonyl (C=O) groups is 1. The van der Waals surface area contributed by atoms with Crippen LogP contribution in [0.1, 0.15) is 26.3 Å². The highest BCUT2D eigenvalue weighted by Gasteiger charge is 2.25. The first-order valence-electron chi connectivity index (χ1n) is 5.94. The van der Waals surface area contributed by atoms with Crippen molar-refractivity contribution < 1.29 is 4.79 Å². The van der Waals surface area contributed by atoms with Crippen LogP contribution in [0.15, 0.2) is 30.3 Å². The number of rotatable bonds is 4. The summed E-state index contributed by atoms with van der Waals surface area (Å²) < 4.78 is 0. The first-order chi connectivity index (χ1) is 7.95. The lowest BCUT2D eigenvalue weighted by molar-refractivity contribution is -0.135. The summed E-state index contributed by atoms with van der Waals surface area (Å²) in [5, 5.41) is 2.91. The molecule has 0 aliphatic heterocycles. The lowest BCUT2D eigenvalue weighted by Crippen LogP contribution is -2.48. The van der Waals surface area contributed by atoms with Gasteiger partial charge in [-0.05, 0) is 33.4 Å². The van der Waals surface area contributed by atoms with Crippen LogP contribution in [0.3, 0.4) is 0 Å². The fraction of sp³-hybridized carbons (Fsp3) is 0.500. The number of amides is 1. The standard InChI is InChI=1S/C14H22N2O/c1-14(2,3)16(13(17)10-15-4)11-12-8-6-5-7-9-12/h5-9,15H,10-11H2,1-4H3. The molecule has 1 amide bonds. The molecule has 0 saturated carbocycles. The predicted octanol–water partition coefficient (Wildman–Crippen LogP) is 2.03. The lowest BCUT2D eigenvalue weighted by atomic mass is 10.0. The Labute approximate surface area is 104 Å². The molecule has 0 aromatic heterocycles. The average Bonchev–Trinajstić information content (AvgIpc) is 2.26. The quantitative estimate of drug-likeness (QED) is 0.864. The van der Waals surface area contributed by atoms with Crippen molar-refractivity contribution in [1.29, 1.82) is 0 Å². The molecule has 0 unspecified atom stereocenters. The molecule has 0 bridgehead atoms. The van der Waals surface area contributed by atoms with E-state index in [1.165, 1.54) is 0 Å². The lowest BCUT2D eigenvalue weighted by Gasteiger charge is -2.36. The minimum Gasteiger partial charge on any atom is -0.332 e. The van der Waals surface area contributed by atoms with E-state index in [1.54, 1.807) is 7.05 Å². The van der Waals surface area contributed by atoms with Crippen molar-refractivity contribution in [2.24, 2.45) is 0 Å². The summed E-state index contributed by atoms with van der Waals surface area (Å²) in [6, 6.07) is 10.1. The zero-order chi connectivity index (χ0) is 12.9. The molecule has 0 saturated heterocycles. The van der Waals surface area contributed by atoms with Gasteiger partial charge in [-0.3, -0.25) is 4.79 Å². The third-order valence-electron chi connectivity index (χ3n) is 2.62. The van der Waals surface area contributed by atoms with Gasteiger partial charge in [0.1, 0.15) is 0 Å². The van der Waals surface area contributed by atoms with E-state index in [2.05, 4.69) is 26.1 Å². The highest BCUT2D eigenvalue weighted by atomic mass is 16.2. The second kappa shape index (κ2) is 5.82. The van der Waals surface area contributed by atoms with E-state index in [1.807, 2.05) is 35.2 Å². The molecule has 0 aliphatic carbocycles. The number of benzene rings is 1. The van der Waals surface area contributed by atoms with Gasteiger partial charge in [0.25, 0.3) is 0 Å².